The van der Waals surface area contributed by atoms with Gasteiger partial charge in [-0.25, -0.2) is 0 Å². The van der Waals surface area contributed by atoms with Crippen LogP contribution < -0.4 is 0 Å². The van der Waals surface area contributed by atoms with Crippen molar-refractivity contribution in [3.05, 3.63) is 29.8 Å². The molecule has 0 spiro atoms. The van der Waals surface area contributed by atoms with E-state index in [-0.39, 0.29) is 6.61 Å². The number of aliphatic hydroxyl groups excluding tert-OH is 1. The Morgan fingerprint density at radius 1 is 1.12 bits per heavy atom. The molecule has 0 aliphatic rings. The van der Waals surface area contributed by atoms with E-state index in [4.69, 9.17) is 5.11 Å². The van der Waals surface area contributed by atoms with Crippen molar-refractivity contribution >= 4 is 23.5 Å². The number of alkyl halides is 3. The second-order valence-electron chi connectivity index (χ2n) is 3.21. The maximum atomic E-state index is 12.4. The molecule has 0 radical (unpaired) electrons. The van der Waals surface area contributed by atoms with Crippen LogP contribution in [0.25, 0.3) is 0 Å². The number of thioether (sulfide) groups is 2. The van der Waals surface area contributed by atoms with E-state index in [0.717, 1.165) is 17.6 Å². The number of hydrogen-bond acceptors (Lipinski definition) is 3. The van der Waals surface area contributed by atoms with Crippen molar-refractivity contribution < 1.29 is 18.3 Å². The average molecular weight is 282 g/mol. The van der Waals surface area contributed by atoms with Gasteiger partial charge in [0, 0.05) is 22.2 Å². The predicted octanol–water partition coefficient (Wildman–Crippen LogP) is 3.52. The van der Waals surface area contributed by atoms with Gasteiger partial charge in [0.25, 0.3) is 0 Å². The summed E-state index contributed by atoms with van der Waals surface area (Å²) in [6.45, 7) is 0.138. The maximum absolute atomic E-state index is 12.4. The van der Waals surface area contributed by atoms with Gasteiger partial charge in [-0.1, -0.05) is 6.07 Å². The Bertz CT molecular complexity index is 342. The van der Waals surface area contributed by atoms with Gasteiger partial charge in [-0.15, -0.1) is 11.8 Å². The van der Waals surface area contributed by atoms with Gasteiger partial charge in [0.2, 0.25) is 0 Å². The topological polar surface area (TPSA) is 20.2 Å². The largest absolute Gasteiger partial charge is 0.416 e. The van der Waals surface area contributed by atoms with Gasteiger partial charge in [0.05, 0.1) is 12.2 Å². The van der Waals surface area contributed by atoms with Gasteiger partial charge in [-0.3, -0.25) is 0 Å². The van der Waals surface area contributed by atoms with Crippen molar-refractivity contribution in [1.82, 2.24) is 0 Å². The van der Waals surface area contributed by atoms with Crippen molar-refractivity contribution in [2.75, 3.05) is 23.9 Å². The fraction of sp³-hybridized carbons (Fsp3) is 0.455. The Kier molecular flexibility index (Phi) is 6.22. The van der Waals surface area contributed by atoms with Crippen LogP contribution in [0.4, 0.5) is 13.2 Å². The molecule has 0 bridgehead atoms. The van der Waals surface area contributed by atoms with Crippen molar-refractivity contribution in [1.29, 1.82) is 0 Å². The van der Waals surface area contributed by atoms with Gasteiger partial charge in [0.15, 0.2) is 0 Å². The van der Waals surface area contributed by atoms with E-state index in [2.05, 4.69) is 0 Å². The summed E-state index contributed by atoms with van der Waals surface area (Å²) in [4.78, 5) is 0.629. The van der Waals surface area contributed by atoms with Gasteiger partial charge < -0.3 is 5.11 Å². The summed E-state index contributed by atoms with van der Waals surface area (Å²) in [7, 11) is 0. The first-order valence-corrected chi connectivity index (χ1v) is 7.16. The number of benzene rings is 1. The highest BCUT2D eigenvalue weighted by Crippen LogP contribution is 2.31. The van der Waals surface area contributed by atoms with E-state index in [1.807, 2.05) is 0 Å². The molecule has 1 rings (SSSR count). The number of aliphatic hydroxyl groups is 1. The maximum Gasteiger partial charge on any atom is 0.416 e. The Morgan fingerprint density at radius 3 is 2.53 bits per heavy atom. The summed E-state index contributed by atoms with van der Waals surface area (Å²) in [6, 6.07) is 5.34. The van der Waals surface area contributed by atoms with E-state index in [1.54, 1.807) is 17.8 Å². The summed E-state index contributed by atoms with van der Waals surface area (Å²) in [6.07, 6.45) is -4.28. The first-order valence-electron chi connectivity index (χ1n) is 5.02. The average Bonchev–Trinajstić information content (AvgIpc) is 2.28. The van der Waals surface area contributed by atoms with Crippen LogP contribution in [0.3, 0.4) is 0 Å². The second kappa shape index (κ2) is 7.18. The predicted molar refractivity (Wildman–Crippen MR) is 66.6 cm³/mol. The minimum atomic E-state index is -4.28. The van der Waals surface area contributed by atoms with Crippen molar-refractivity contribution in [2.24, 2.45) is 0 Å². The first kappa shape index (κ1) is 14.7. The summed E-state index contributed by atoms with van der Waals surface area (Å²) in [5.41, 5.74) is -0.606. The van der Waals surface area contributed by atoms with Crippen LogP contribution in [0, 0.1) is 0 Å². The molecule has 0 aromatic heterocycles. The van der Waals surface area contributed by atoms with Gasteiger partial charge in [0.1, 0.15) is 0 Å². The molecule has 0 amide bonds. The summed E-state index contributed by atoms with van der Waals surface area (Å²) >= 11 is 2.99. The smallest absolute Gasteiger partial charge is 0.396 e. The van der Waals surface area contributed by atoms with E-state index < -0.39 is 11.7 Å². The molecule has 0 saturated carbocycles. The molecule has 1 nitrogen and oxygen atoms in total. The van der Waals surface area contributed by atoms with Gasteiger partial charge >= 0.3 is 6.18 Å². The second-order valence-corrected chi connectivity index (χ2v) is 5.60. The SMILES string of the molecule is OCCSCCSc1cccc(C(F)(F)F)c1. The van der Waals surface area contributed by atoms with E-state index in [0.29, 0.717) is 10.6 Å². The molecule has 0 aliphatic carbocycles. The highest BCUT2D eigenvalue weighted by Gasteiger charge is 2.30. The summed E-state index contributed by atoms with van der Waals surface area (Å²) in [5, 5.41) is 8.56. The van der Waals surface area contributed by atoms with Crippen molar-refractivity contribution in [2.45, 2.75) is 11.1 Å². The van der Waals surface area contributed by atoms with Crippen LogP contribution in [-0.2, 0) is 6.18 Å². The van der Waals surface area contributed by atoms with E-state index in [1.165, 1.54) is 23.9 Å². The zero-order chi connectivity index (χ0) is 12.7. The summed E-state index contributed by atoms with van der Waals surface area (Å²) < 4.78 is 37.2. The Hall–Kier alpha value is -0.330. The number of hydrogen-bond donors (Lipinski definition) is 1. The molecule has 0 saturated heterocycles. The molecule has 96 valence electrons. The monoisotopic (exact) mass is 282 g/mol. The lowest BCUT2D eigenvalue weighted by molar-refractivity contribution is -0.137. The molecule has 0 atom stereocenters. The third-order valence-electron chi connectivity index (χ3n) is 1.89. The molecule has 1 N–H and O–H groups in total. The van der Waals surface area contributed by atoms with Crippen LogP contribution in [0.15, 0.2) is 29.2 Å². The van der Waals surface area contributed by atoms with Crippen molar-refractivity contribution in [3.63, 3.8) is 0 Å². The molecule has 6 heteroatoms. The molecule has 0 fully saturated rings. The van der Waals surface area contributed by atoms with Crippen LogP contribution >= 0.6 is 23.5 Å². The fourth-order valence-electron chi connectivity index (χ4n) is 1.15. The van der Waals surface area contributed by atoms with Crippen molar-refractivity contribution in [3.8, 4) is 0 Å². The van der Waals surface area contributed by atoms with E-state index in [9.17, 15) is 13.2 Å². The zero-order valence-corrected chi connectivity index (χ0v) is 10.7. The quantitative estimate of drug-likeness (QED) is 0.637. The van der Waals surface area contributed by atoms with E-state index >= 15 is 0 Å². The Balaban J connectivity index is 2.44. The molecule has 17 heavy (non-hydrogen) atoms. The Labute approximate surface area is 107 Å². The molecule has 1 aromatic rings. The first-order chi connectivity index (χ1) is 8.04. The molecular weight excluding hydrogens is 269 g/mol. The van der Waals surface area contributed by atoms with Crippen LogP contribution in [-0.4, -0.2) is 29.0 Å². The number of rotatable bonds is 6. The Morgan fingerprint density at radius 2 is 1.88 bits per heavy atom. The highest BCUT2D eigenvalue weighted by atomic mass is 32.2. The van der Waals surface area contributed by atoms with Gasteiger partial charge in [-0.05, 0) is 18.2 Å². The molecule has 0 aliphatic heterocycles. The molecular formula is C11H13F3OS2. The zero-order valence-electron chi connectivity index (χ0n) is 9.04. The highest BCUT2D eigenvalue weighted by molar-refractivity contribution is 8.02. The standard InChI is InChI=1S/C11H13F3OS2/c12-11(13,14)9-2-1-3-10(8-9)17-7-6-16-5-4-15/h1-3,8,15H,4-7H2. The lowest BCUT2D eigenvalue weighted by atomic mass is 10.2. The molecule has 0 heterocycles. The minimum Gasteiger partial charge on any atom is -0.396 e. The molecule has 0 unspecified atom stereocenters. The third-order valence-corrected chi connectivity index (χ3v) is 4.11. The van der Waals surface area contributed by atoms with Crippen LogP contribution in [0.5, 0.6) is 0 Å². The molecule has 1 aromatic carbocycles. The van der Waals surface area contributed by atoms with Crippen LogP contribution in [0.1, 0.15) is 5.56 Å². The van der Waals surface area contributed by atoms with Crippen LogP contribution in [0.2, 0.25) is 0 Å². The summed E-state index contributed by atoms with van der Waals surface area (Å²) in [5.74, 6) is 2.23. The third kappa shape index (κ3) is 5.70. The normalized spacial score (nSPS) is 11.8. The lowest BCUT2D eigenvalue weighted by Gasteiger charge is -2.08. The fourth-order valence-corrected chi connectivity index (χ4v) is 2.91. The number of halogens is 3. The lowest BCUT2D eigenvalue weighted by Crippen LogP contribution is -2.04. The minimum absolute atomic E-state index is 0.138. The van der Waals surface area contributed by atoms with Gasteiger partial charge in [-0.2, -0.15) is 24.9 Å².